The first-order valence-corrected chi connectivity index (χ1v) is 8.71. The van der Waals surface area contributed by atoms with Gasteiger partial charge < -0.3 is 10.1 Å². The molecule has 0 aromatic carbocycles. The van der Waals surface area contributed by atoms with Crippen LogP contribution >= 0.6 is 0 Å². The second-order valence-electron chi connectivity index (χ2n) is 5.27. The van der Waals surface area contributed by atoms with Gasteiger partial charge in [-0.2, -0.15) is 9.40 Å². The van der Waals surface area contributed by atoms with Crippen LogP contribution in [0.3, 0.4) is 0 Å². The van der Waals surface area contributed by atoms with Crippen LogP contribution in [-0.2, 0) is 21.3 Å². The summed E-state index contributed by atoms with van der Waals surface area (Å²) in [5.41, 5.74) is 1.15. The second kappa shape index (κ2) is 6.87. The number of H-pyrrole nitrogens is 1. The third-order valence-corrected chi connectivity index (χ3v) is 5.77. The fourth-order valence-corrected chi connectivity index (χ4v) is 3.99. The maximum atomic E-state index is 12.8. The summed E-state index contributed by atoms with van der Waals surface area (Å²) < 4.78 is 32.0. The zero-order valence-corrected chi connectivity index (χ0v) is 13.7. The molecular weight excluding hydrogens is 292 g/mol. The Morgan fingerprint density at radius 2 is 2.19 bits per heavy atom. The summed E-state index contributed by atoms with van der Waals surface area (Å²) in [5, 5.41) is 10.3. The molecule has 1 aliphatic rings. The lowest BCUT2D eigenvalue weighted by molar-refractivity contribution is 0.180. The Bertz CT molecular complexity index is 566. The number of aromatic nitrogens is 2. The molecule has 2 rings (SSSR count). The molecule has 0 radical (unpaired) electrons. The smallest absolute Gasteiger partial charge is 0.246 e. The van der Waals surface area contributed by atoms with Gasteiger partial charge in [-0.25, -0.2) is 8.42 Å². The second-order valence-corrected chi connectivity index (χ2v) is 7.14. The van der Waals surface area contributed by atoms with E-state index in [0.717, 1.165) is 12.8 Å². The van der Waals surface area contributed by atoms with Crippen LogP contribution in [0.1, 0.15) is 31.2 Å². The van der Waals surface area contributed by atoms with E-state index in [2.05, 4.69) is 15.5 Å². The van der Waals surface area contributed by atoms with Gasteiger partial charge >= 0.3 is 0 Å². The average molecular weight is 316 g/mol. The first-order valence-electron chi connectivity index (χ1n) is 7.27. The van der Waals surface area contributed by atoms with Gasteiger partial charge in [-0.3, -0.25) is 5.10 Å². The molecule has 2 N–H and O–H groups in total. The van der Waals surface area contributed by atoms with Crippen molar-refractivity contribution in [2.24, 2.45) is 0 Å². The maximum absolute atomic E-state index is 12.8. The lowest BCUT2D eigenvalue weighted by Gasteiger charge is -2.20. The van der Waals surface area contributed by atoms with E-state index in [-0.39, 0.29) is 0 Å². The monoisotopic (exact) mass is 316 g/mol. The Kier molecular flexibility index (Phi) is 5.37. The zero-order valence-electron chi connectivity index (χ0n) is 12.8. The van der Waals surface area contributed by atoms with Crippen molar-refractivity contribution < 1.29 is 13.2 Å². The molecule has 0 aliphatic heterocycles. The van der Waals surface area contributed by atoms with E-state index in [1.165, 1.54) is 4.31 Å². The normalized spacial score (nSPS) is 15.8. The number of ether oxygens (including phenoxy) is 1. The van der Waals surface area contributed by atoms with E-state index < -0.39 is 10.0 Å². The van der Waals surface area contributed by atoms with Crippen LogP contribution < -0.4 is 5.32 Å². The summed E-state index contributed by atoms with van der Waals surface area (Å²) in [6.45, 7) is 5.17. The Hall–Kier alpha value is -0.960. The van der Waals surface area contributed by atoms with Gasteiger partial charge in [0.15, 0.2) is 0 Å². The third kappa shape index (κ3) is 3.82. The molecule has 0 saturated heterocycles. The number of sulfonamides is 1. The molecule has 0 amide bonds. The van der Waals surface area contributed by atoms with Crippen LogP contribution in [-0.4, -0.2) is 55.8 Å². The molecule has 1 heterocycles. The van der Waals surface area contributed by atoms with Gasteiger partial charge in [0.25, 0.3) is 0 Å². The van der Waals surface area contributed by atoms with E-state index >= 15 is 0 Å². The molecule has 21 heavy (non-hydrogen) atoms. The number of methoxy groups -OCH3 is 1. The van der Waals surface area contributed by atoms with Crippen molar-refractivity contribution in [1.29, 1.82) is 0 Å². The predicted octanol–water partition coefficient (Wildman–Crippen LogP) is 0.627. The fourth-order valence-electron chi connectivity index (χ4n) is 2.23. The van der Waals surface area contributed by atoms with Crippen LogP contribution in [0, 0.1) is 6.92 Å². The Morgan fingerprint density at radius 3 is 2.76 bits per heavy atom. The number of likely N-dealkylation sites (N-methyl/N-ethyl adjacent to an activating group) is 1. The highest BCUT2D eigenvalue weighted by molar-refractivity contribution is 7.89. The summed E-state index contributed by atoms with van der Waals surface area (Å²) >= 11 is 0. The lowest BCUT2D eigenvalue weighted by Crippen LogP contribution is -2.34. The van der Waals surface area contributed by atoms with Crippen molar-refractivity contribution in [3.05, 3.63) is 11.4 Å². The average Bonchev–Trinajstić information content (AvgIpc) is 3.19. The summed E-state index contributed by atoms with van der Waals surface area (Å²) in [4.78, 5) is 0.300. The minimum Gasteiger partial charge on any atom is -0.383 e. The summed E-state index contributed by atoms with van der Waals surface area (Å²) in [6.07, 6.45) is 2.31. The molecule has 1 aromatic rings. The highest BCUT2D eigenvalue weighted by Gasteiger charge is 2.30. The summed E-state index contributed by atoms with van der Waals surface area (Å²) in [6, 6.07) is 0.508. The molecule has 0 atom stereocenters. The van der Waals surface area contributed by atoms with Gasteiger partial charge in [-0.1, -0.05) is 6.92 Å². The molecule has 0 unspecified atom stereocenters. The molecule has 120 valence electrons. The number of aryl methyl sites for hydroxylation is 1. The van der Waals surface area contributed by atoms with Gasteiger partial charge in [0.2, 0.25) is 10.0 Å². The molecular formula is C13H24N4O3S. The molecule has 1 fully saturated rings. The third-order valence-electron chi connectivity index (χ3n) is 3.59. The first-order chi connectivity index (χ1) is 10.0. The molecule has 0 bridgehead atoms. The summed E-state index contributed by atoms with van der Waals surface area (Å²) in [5.74, 6) is 0. The first kappa shape index (κ1) is 16.4. The number of nitrogens with zero attached hydrogens (tertiary/aromatic N) is 2. The van der Waals surface area contributed by atoms with E-state index in [0.29, 0.717) is 48.6 Å². The van der Waals surface area contributed by atoms with Crippen molar-refractivity contribution in [3.8, 4) is 0 Å². The molecule has 1 aliphatic carbocycles. The minimum atomic E-state index is -3.55. The van der Waals surface area contributed by atoms with Crippen LogP contribution in [0.2, 0.25) is 0 Å². The van der Waals surface area contributed by atoms with Gasteiger partial charge in [0.1, 0.15) is 4.90 Å². The molecule has 1 saturated carbocycles. The largest absolute Gasteiger partial charge is 0.383 e. The number of aromatic amines is 1. The summed E-state index contributed by atoms with van der Waals surface area (Å²) in [7, 11) is -1.99. The van der Waals surface area contributed by atoms with E-state index in [4.69, 9.17) is 4.74 Å². The highest BCUT2D eigenvalue weighted by atomic mass is 32.2. The minimum absolute atomic E-state index is 0.300. The zero-order chi connectivity index (χ0) is 15.5. The highest BCUT2D eigenvalue weighted by Crippen LogP contribution is 2.24. The molecule has 8 heteroatoms. The van der Waals surface area contributed by atoms with Crippen molar-refractivity contribution in [2.45, 2.75) is 44.2 Å². The van der Waals surface area contributed by atoms with E-state index in [1.54, 1.807) is 14.0 Å². The number of hydrogen-bond donors (Lipinski definition) is 2. The lowest BCUT2D eigenvalue weighted by atomic mass is 10.3. The van der Waals surface area contributed by atoms with E-state index in [9.17, 15) is 8.42 Å². The topological polar surface area (TPSA) is 87.3 Å². The Labute approximate surface area is 126 Å². The van der Waals surface area contributed by atoms with Crippen molar-refractivity contribution in [1.82, 2.24) is 19.8 Å². The SMILES string of the molecule is CCN(CCOC)S(=O)(=O)c1c(CNC2CC2)n[nH]c1C. The molecule has 1 aromatic heterocycles. The van der Waals surface area contributed by atoms with Gasteiger partial charge in [0.05, 0.1) is 18.0 Å². The molecule has 0 spiro atoms. The van der Waals surface area contributed by atoms with Gasteiger partial charge in [-0.05, 0) is 19.8 Å². The maximum Gasteiger partial charge on any atom is 0.246 e. The fraction of sp³-hybridized carbons (Fsp3) is 0.769. The van der Waals surface area contributed by atoms with Crippen molar-refractivity contribution in [3.63, 3.8) is 0 Å². The Balaban J connectivity index is 2.22. The van der Waals surface area contributed by atoms with Gasteiger partial charge in [0, 0.05) is 32.8 Å². The van der Waals surface area contributed by atoms with Crippen LogP contribution in [0.15, 0.2) is 4.90 Å². The number of rotatable bonds is 9. The number of nitrogens with one attached hydrogen (secondary N) is 2. The quantitative estimate of drug-likeness (QED) is 0.697. The number of hydrogen-bond acceptors (Lipinski definition) is 5. The van der Waals surface area contributed by atoms with E-state index in [1.807, 2.05) is 6.92 Å². The van der Waals surface area contributed by atoms with Crippen molar-refractivity contribution in [2.75, 3.05) is 26.8 Å². The van der Waals surface area contributed by atoms with Crippen LogP contribution in [0.5, 0.6) is 0 Å². The predicted molar refractivity (Wildman–Crippen MR) is 79.5 cm³/mol. The van der Waals surface area contributed by atoms with Crippen LogP contribution in [0.25, 0.3) is 0 Å². The van der Waals surface area contributed by atoms with Crippen molar-refractivity contribution >= 4 is 10.0 Å². The standard InChI is InChI=1S/C13H24N4O3S/c1-4-17(7-8-20-3)21(18,19)13-10(2)15-16-12(13)9-14-11-5-6-11/h11,14H,4-9H2,1-3H3,(H,15,16). The Morgan fingerprint density at radius 1 is 1.48 bits per heavy atom. The van der Waals surface area contributed by atoms with Crippen LogP contribution in [0.4, 0.5) is 0 Å². The van der Waals surface area contributed by atoms with Gasteiger partial charge in [-0.15, -0.1) is 0 Å². The molecule has 7 nitrogen and oxygen atoms in total.